The number of para-hydroxylation sites is 1. The predicted octanol–water partition coefficient (Wildman–Crippen LogP) is 5.94. The van der Waals surface area contributed by atoms with Crippen molar-refractivity contribution in [2.24, 2.45) is 0 Å². The lowest BCUT2D eigenvalue weighted by Crippen LogP contribution is -2.21. The highest BCUT2D eigenvalue weighted by molar-refractivity contribution is 7.98. The van der Waals surface area contributed by atoms with Crippen molar-refractivity contribution in [2.75, 3.05) is 0 Å². The molecule has 0 spiro atoms. The Morgan fingerprint density at radius 1 is 0.971 bits per heavy atom. The molecule has 35 heavy (non-hydrogen) atoms. The van der Waals surface area contributed by atoms with Crippen molar-refractivity contribution in [1.29, 1.82) is 0 Å². The largest absolute Gasteiger partial charge is 0.440 e. The zero-order chi connectivity index (χ0) is 23.9. The Bertz CT molecular complexity index is 1740. The number of hydrogen-bond donors (Lipinski definition) is 0. The molecule has 6 rings (SSSR count). The summed E-state index contributed by atoms with van der Waals surface area (Å²) in [7, 11) is 0. The standard InChI is InChI=1S/C26H18ClN5O2S/c1-16-6-12-19(13-7-16)31-24(33)20-4-2-3-5-21(20)32-25(31)29-30-26(32)35-15-23-28-14-22(34-23)17-8-10-18(27)11-9-17/h2-14H,15H2,1H3. The van der Waals surface area contributed by atoms with E-state index in [-0.39, 0.29) is 5.56 Å². The van der Waals surface area contributed by atoms with Gasteiger partial charge in [0.1, 0.15) is 0 Å². The molecule has 0 aliphatic heterocycles. The molecule has 0 aliphatic carbocycles. The van der Waals surface area contributed by atoms with Crippen LogP contribution in [0, 0.1) is 6.92 Å². The molecule has 3 aromatic carbocycles. The quantitative estimate of drug-likeness (QED) is 0.273. The lowest BCUT2D eigenvalue weighted by molar-refractivity contribution is 0.530. The average Bonchev–Trinajstić information content (AvgIpc) is 3.52. The van der Waals surface area contributed by atoms with Gasteiger partial charge < -0.3 is 4.42 Å². The molecule has 0 amide bonds. The minimum atomic E-state index is -0.138. The summed E-state index contributed by atoms with van der Waals surface area (Å²) >= 11 is 7.43. The fourth-order valence-electron chi connectivity index (χ4n) is 3.95. The zero-order valence-electron chi connectivity index (χ0n) is 18.6. The fourth-order valence-corrected chi connectivity index (χ4v) is 4.87. The summed E-state index contributed by atoms with van der Waals surface area (Å²) in [5.41, 5.74) is 3.36. The van der Waals surface area contributed by atoms with Gasteiger partial charge in [0, 0.05) is 10.6 Å². The molecule has 0 radical (unpaired) electrons. The molecule has 172 valence electrons. The molecule has 6 aromatic rings. The van der Waals surface area contributed by atoms with E-state index in [4.69, 9.17) is 16.0 Å². The normalized spacial score (nSPS) is 11.5. The van der Waals surface area contributed by atoms with Gasteiger partial charge in [-0.3, -0.25) is 9.20 Å². The second-order valence-corrected chi connectivity index (χ2v) is 9.40. The first-order valence-electron chi connectivity index (χ1n) is 10.9. The molecular formula is C26H18ClN5O2S. The van der Waals surface area contributed by atoms with Crippen LogP contribution in [0.5, 0.6) is 0 Å². The number of fused-ring (bicyclic) bond motifs is 3. The second kappa shape index (κ2) is 8.72. The lowest BCUT2D eigenvalue weighted by atomic mass is 10.2. The molecule has 0 saturated carbocycles. The van der Waals surface area contributed by atoms with Crippen LogP contribution >= 0.6 is 23.4 Å². The molecule has 9 heteroatoms. The summed E-state index contributed by atoms with van der Waals surface area (Å²) < 4.78 is 9.45. The van der Waals surface area contributed by atoms with E-state index < -0.39 is 0 Å². The number of aryl methyl sites for hydroxylation is 1. The van der Waals surface area contributed by atoms with Crippen molar-refractivity contribution in [1.82, 2.24) is 24.1 Å². The molecule has 0 atom stereocenters. The Hall–Kier alpha value is -3.88. The van der Waals surface area contributed by atoms with Crippen LogP contribution in [0.25, 0.3) is 33.7 Å². The molecule has 0 saturated heterocycles. The van der Waals surface area contributed by atoms with E-state index in [0.29, 0.717) is 38.7 Å². The van der Waals surface area contributed by atoms with Crippen molar-refractivity contribution >= 4 is 40.0 Å². The van der Waals surface area contributed by atoms with Crippen LogP contribution < -0.4 is 5.56 Å². The Labute approximate surface area is 209 Å². The molecular weight excluding hydrogens is 482 g/mol. The van der Waals surface area contributed by atoms with Gasteiger partial charge in [0.25, 0.3) is 5.56 Å². The van der Waals surface area contributed by atoms with Gasteiger partial charge in [-0.05, 0) is 55.5 Å². The number of aromatic nitrogens is 5. The Kier molecular flexibility index (Phi) is 5.39. The molecule has 0 unspecified atom stereocenters. The highest BCUT2D eigenvalue weighted by Crippen LogP contribution is 2.28. The number of nitrogens with zero attached hydrogens (tertiary/aromatic N) is 5. The Morgan fingerprint density at radius 2 is 1.74 bits per heavy atom. The van der Waals surface area contributed by atoms with Crippen molar-refractivity contribution in [2.45, 2.75) is 17.8 Å². The van der Waals surface area contributed by atoms with Crippen LogP contribution in [0.3, 0.4) is 0 Å². The van der Waals surface area contributed by atoms with E-state index in [2.05, 4.69) is 15.2 Å². The van der Waals surface area contributed by atoms with Crippen molar-refractivity contribution in [3.63, 3.8) is 0 Å². The van der Waals surface area contributed by atoms with Crippen molar-refractivity contribution < 1.29 is 4.42 Å². The highest BCUT2D eigenvalue weighted by Gasteiger charge is 2.18. The number of hydrogen-bond acceptors (Lipinski definition) is 6. The number of oxazole rings is 1. The predicted molar refractivity (Wildman–Crippen MR) is 137 cm³/mol. The van der Waals surface area contributed by atoms with Gasteiger partial charge in [0.2, 0.25) is 11.7 Å². The Balaban J connectivity index is 1.40. The first kappa shape index (κ1) is 21.6. The number of thioether (sulfide) groups is 1. The maximum Gasteiger partial charge on any atom is 0.267 e. The first-order valence-corrected chi connectivity index (χ1v) is 12.2. The van der Waals surface area contributed by atoms with Gasteiger partial charge in [-0.1, -0.05) is 53.2 Å². The summed E-state index contributed by atoms with van der Waals surface area (Å²) in [4.78, 5) is 17.8. The van der Waals surface area contributed by atoms with E-state index in [1.807, 2.05) is 84.1 Å². The smallest absolute Gasteiger partial charge is 0.267 e. The molecule has 0 N–H and O–H groups in total. The third-order valence-corrected chi connectivity index (χ3v) is 6.86. The van der Waals surface area contributed by atoms with Crippen molar-refractivity contribution in [3.05, 3.63) is 106 Å². The third-order valence-electron chi connectivity index (χ3n) is 5.69. The molecule has 7 nitrogen and oxygen atoms in total. The minimum absolute atomic E-state index is 0.138. The minimum Gasteiger partial charge on any atom is -0.440 e. The first-order chi connectivity index (χ1) is 17.1. The number of rotatable bonds is 5. The lowest BCUT2D eigenvalue weighted by Gasteiger charge is -2.11. The molecule has 0 aliphatic rings. The Morgan fingerprint density at radius 3 is 2.54 bits per heavy atom. The topological polar surface area (TPSA) is 78.2 Å². The van der Waals surface area contributed by atoms with Crippen molar-refractivity contribution in [3.8, 4) is 17.0 Å². The van der Waals surface area contributed by atoms with Crippen LogP contribution in [0.4, 0.5) is 0 Å². The van der Waals surface area contributed by atoms with Gasteiger partial charge in [-0.15, -0.1) is 10.2 Å². The zero-order valence-corrected chi connectivity index (χ0v) is 20.1. The van der Waals surface area contributed by atoms with E-state index in [9.17, 15) is 4.79 Å². The van der Waals surface area contributed by atoms with E-state index in [1.54, 1.807) is 10.8 Å². The number of benzene rings is 3. The second-order valence-electron chi connectivity index (χ2n) is 8.03. The SMILES string of the molecule is Cc1ccc(-n2c(=O)c3ccccc3n3c(SCc4ncc(-c5ccc(Cl)cc5)o4)nnc23)cc1. The van der Waals surface area contributed by atoms with Crippen LogP contribution in [-0.2, 0) is 5.75 Å². The highest BCUT2D eigenvalue weighted by atomic mass is 35.5. The monoisotopic (exact) mass is 499 g/mol. The van der Waals surface area contributed by atoms with Gasteiger partial charge in [0.15, 0.2) is 10.9 Å². The summed E-state index contributed by atoms with van der Waals surface area (Å²) in [5.74, 6) is 2.14. The van der Waals surface area contributed by atoms with Crippen LogP contribution in [0.15, 0.2) is 93.4 Å². The maximum atomic E-state index is 13.4. The van der Waals surface area contributed by atoms with Gasteiger partial charge >= 0.3 is 0 Å². The maximum absolute atomic E-state index is 13.4. The van der Waals surface area contributed by atoms with Gasteiger partial charge in [-0.2, -0.15) is 0 Å². The molecule has 0 fully saturated rings. The number of halogens is 1. The third kappa shape index (κ3) is 3.90. The van der Waals surface area contributed by atoms with Crippen LogP contribution in [-0.4, -0.2) is 24.1 Å². The molecule has 0 bridgehead atoms. The fraction of sp³-hybridized carbons (Fsp3) is 0.0769. The van der Waals surface area contributed by atoms with E-state index >= 15 is 0 Å². The molecule has 3 heterocycles. The summed E-state index contributed by atoms with van der Waals surface area (Å²) in [6, 6.07) is 22.7. The van der Waals surface area contributed by atoms with Crippen LogP contribution in [0.2, 0.25) is 5.02 Å². The molecule has 3 aromatic heterocycles. The van der Waals surface area contributed by atoms with Crippen LogP contribution in [0.1, 0.15) is 11.5 Å². The van der Waals surface area contributed by atoms with E-state index in [1.165, 1.54) is 11.8 Å². The van der Waals surface area contributed by atoms with Gasteiger partial charge in [-0.25, -0.2) is 9.55 Å². The average molecular weight is 500 g/mol. The summed E-state index contributed by atoms with van der Waals surface area (Å²) in [6.45, 7) is 2.01. The van der Waals surface area contributed by atoms with Gasteiger partial charge in [0.05, 0.1) is 28.5 Å². The summed E-state index contributed by atoms with van der Waals surface area (Å²) in [5, 5.41) is 10.7. The van der Waals surface area contributed by atoms with E-state index in [0.717, 1.165) is 22.3 Å². The summed E-state index contributed by atoms with van der Waals surface area (Å²) in [6.07, 6.45) is 1.70.